The number of thiazole rings is 1. The third-order valence-electron chi connectivity index (χ3n) is 6.27. The molecular formula is C29H51N5O6S2. The molecule has 13 heteroatoms. The summed E-state index contributed by atoms with van der Waals surface area (Å²) < 4.78 is 5.24. The number of ether oxygens (including phenoxy) is 1. The molecule has 0 aliphatic heterocycles. The molecule has 0 aliphatic carbocycles. The number of carbonyl (C=O) groups excluding carboxylic acids is 4. The summed E-state index contributed by atoms with van der Waals surface area (Å²) in [7, 11) is 0. The number of aromatic nitrogens is 1. The van der Waals surface area contributed by atoms with Crippen molar-refractivity contribution in [2.24, 2.45) is 17.8 Å². The van der Waals surface area contributed by atoms with Crippen molar-refractivity contribution in [2.75, 3.05) is 12.0 Å². The standard InChI is InChI=1S/C29H51N5O6S2/c1-16(2)10-21(24(35)12-19(7)26(36)33-22(11-17(3)4)27(37)30-18(5)6)32-28(38)23(15-41-9)34-29(39)40-13-25-31-20(8)14-42-25/h14,16-19,21-24,35H,10-13,15H2,1-9H3,(H,30,37)(H,32,38)(H,33,36)(H,34,39)/t19-,21-,22-,23+,24+/m1/s1. The normalized spacial score (nSPS) is 15.1. The van der Waals surface area contributed by atoms with E-state index >= 15 is 0 Å². The number of aryl methyl sites for hydroxylation is 1. The molecule has 0 radical (unpaired) electrons. The molecule has 1 aromatic heterocycles. The molecule has 5 atom stereocenters. The van der Waals surface area contributed by atoms with Crippen LogP contribution in [-0.4, -0.2) is 76.2 Å². The molecule has 0 unspecified atom stereocenters. The van der Waals surface area contributed by atoms with Gasteiger partial charge in [0.25, 0.3) is 0 Å². The molecule has 4 amide bonds. The van der Waals surface area contributed by atoms with Gasteiger partial charge in [-0.2, -0.15) is 11.8 Å². The van der Waals surface area contributed by atoms with Crippen LogP contribution >= 0.6 is 23.1 Å². The largest absolute Gasteiger partial charge is 0.442 e. The maximum atomic E-state index is 13.2. The molecule has 11 nitrogen and oxygen atoms in total. The quantitative estimate of drug-likeness (QED) is 0.165. The number of hydrogen-bond donors (Lipinski definition) is 5. The molecule has 0 fully saturated rings. The van der Waals surface area contributed by atoms with E-state index in [4.69, 9.17) is 4.74 Å². The maximum Gasteiger partial charge on any atom is 0.408 e. The van der Waals surface area contributed by atoms with Gasteiger partial charge in [0.05, 0.1) is 12.1 Å². The summed E-state index contributed by atoms with van der Waals surface area (Å²) in [5, 5.41) is 24.9. The highest BCUT2D eigenvalue weighted by Crippen LogP contribution is 2.17. The highest BCUT2D eigenvalue weighted by atomic mass is 32.2. The average molecular weight is 630 g/mol. The molecule has 1 rings (SSSR count). The second-order valence-corrected chi connectivity index (χ2v) is 13.8. The Morgan fingerprint density at radius 1 is 0.881 bits per heavy atom. The Morgan fingerprint density at radius 3 is 2.02 bits per heavy atom. The second-order valence-electron chi connectivity index (χ2n) is 11.9. The second kappa shape index (κ2) is 19.0. The number of alkyl carbamates (subject to hydrolysis) is 1. The minimum absolute atomic E-state index is 0.00371. The number of nitrogens with zero attached hydrogens (tertiary/aromatic N) is 1. The number of rotatable bonds is 18. The monoisotopic (exact) mass is 629 g/mol. The van der Waals surface area contributed by atoms with E-state index in [1.807, 2.05) is 60.1 Å². The van der Waals surface area contributed by atoms with E-state index in [9.17, 15) is 24.3 Å². The summed E-state index contributed by atoms with van der Waals surface area (Å²) in [5.41, 5.74) is 0.840. The fraction of sp³-hybridized carbons (Fsp3) is 0.759. The Hall–Kier alpha value is -2.38. The number of carbonyl (C=O) groups is 4. The molecule has 0 aromatic carbocycles. The van der Waals surface area contributed by atoms with Crippen LogP contribution < -0.4 is 21.3 Å². The molecule has 0 spiro atoms. The summed E-state index contributed by atoms with van der Waals surface area (Å²) in [5.74, 6) is -1.01. The lowest BCUT2D eigenvalue weighted by atomic mass is 9.92. The molecule has 240 valence electrons. The van der Waals surface area contributed by atoms with E-state index in [-0.39, 0.29) is 42.7 Å². The van der Waals surface area contributed by atoms with Crippen molar-refractivity contribution >= 4 is 46.9 Å². The molecule has 5 N–H and O–H groups in total. The van der Waals surface area contributed by atoms with Gasteiger partial charge >= 0.3 is 6.09 Å². The number of amides is 4. The third kappa shape index (κ3) is 14.7. The Balaban J connectivity index is 2.85. The highest BCUT2D eigenvalue weighted by Gasteiger charge is 2.31. The van der Waals surface area contributed by atoms with Crippen LogP contribution in [0.5, 0.6) is 0 Å². The van der Waals surface area contributed by atoms with Crippen LogP contribution in [0.25, 0.3) is 0 Å². The van der Waals surface area contributed by atoms with Crippen molar-refractivity contribution in [3.63, 3.8) is 0 Å². The minimum atomic E-state index is -1.03. The van der Waals surface area contributed by atoms with E-state index in [1.54, 1.807) is 6.92 Å². The lowest BCUT2D eigenvalue weighted by molar-refractivity contribution is -0.132. The van der Waals surface area contributed by atoms with Crippen molar-refractivity contribution < 1.29 is 29.0 Å². The predicted octanol–water partition coefficient (Wildman–Crippen LogP) is 3.38. The fourth-order valence-electron chi connectivity index (χ4n) is 4.27. The van der Waals surface area contributed by atoms with Gasteiger partial charge < -0.3 is 31.1 Å². The van der Waals surface area contributed by atoms with Crippen molar-refractivity contribution in [1.82, 2.24) is 26.3 Å². The smallest absolute Gasteiger partial charge is 0.408 e. The van der Waals surface area contributed by atoms with E-state index in [2.05, 4.69) is 26.3 Å². The summed E-state index contributed by atoms with van der Waals surface area (Å²) in [6.07, 6.45) is 1.09. The zero-order chi connectivity index (χ0) is 32.0. The molecule has 1 aromatic rings. The maximum absolute atomic E-state index is 13.2. The third-order valence-corrected chi connectivity index (χ3v) is 7.87. The van der Waals surface area contributed by atoms with Crippen LogP contribution in [0.1, 0.15) is 78.4 Å². The minimum Gasteiger partial charge on any atom is -0.442 e. The summed E-state index contributed by atoms with van der Waals surface area (Å²) in [6, 6.07) is -2.27. The van der Waals surface area contributed by atoms with Gasteiger partial charge in [0, 0.05) is 28.8 Å². The number of hydrogen-bond acceptors (Lipinski definition) is 9. The van der Waals surface area contributed by atoms with Gasteiger partial charge in [0.1, 0.15) is 23.7 Å². The Morgan fingerprint density at radius 2 is 1.50 bits per heavy atom. The number of thioether (sulfide) groups is 1. The van der Waals surface area contributed by atoms with Gasteiger partial charge in [0.15, 0.2) is 0 Å². The van der Waals surface area contributed by atoms with E-state index in [0.29, 0.717) is 23.6 Å². The summed E-state index contributed by atoms with van der Waals surface area (Å²) in [4.78, 5) is 55.6. The van der Waals surface area contributed by atoms with Gasteiger partial charge in [0.2, 0.25) is 17.7 Å². The molecule has 0 saturated heterocycles. The van der Waals surface area contributed by atoms with Crippen LogP contribution in [-0.2, 0) is 25.7 Å². The summed E-state index contributed by atoms with van der Waals surface area (Å²) >= 11 is 2.77. The van der Waals surface area contributed by atoms with Gasteiger partial charge in [-0.05, 0) is 58.1 Å². The zero-order valence-electron chi connectivity index (χ0n) is 26.5. The molecule has 42 heavy (non-hydrogen) atoms. The molecule has 0 saturated carbocycles. The number of aliphatic hydroxyl groups is 1. The number of aliphatic hydroxyl groups excluding tert-OH is 1. The first kappa shape index (κ1) is 37.6. The van der Waals surface area contributed by atoms with Crippen LogP contribution in [0.3, 0.4) is 0 Å². The first-order valence-corrected chi connectivity index (χ1v) is 16.8. The lowest BCUT2D eigenvalue weighted by Crippen LogP contribution is -2.54. The van der Waals surface area contributed by atoms with E-state index in [1.165, 1.54) is 23.1 Å². The highest BCUT2D eigenvalue weighted by molar-refractivity contribution is 7.98. The lowest BCUT2D eigenvalue weighted by Gasteiger charge is -2.29. The molecule has 0 bridgehead atoms. The summed E-state index contributed by atoms with van der Waals surface area (Å²) in [6.45, 7) is 15.2. The van der Waals surface area contributed by atoms with Gasteiger partial charge in [-0.15, -0.1) is 11.3 Å². The van der Waals surface area contributed by atoms with E-state index < -0.39 is 42.1 Å². The van der Waals surface area contributed by atoms with Gasteiger partial charge in [-0.1, -0.05) is 34.6 Å². The Kier molecular flexibility index (Phi) is 17.0. The van der Waals surface area contributed by atoms with E-state index in [0.717, 1.165) is 5.69 Å². The van der Waals surface area contributed by atoms with Crippen molar-refractivity contribution in [3.05, 3.63) is 16.1 Å². The first-order chi connectivity index (χ1) is 19.6. The van der Waals surface area contributed by atoms with Crippen LogP contribution in [0.2, 0.25) is 0 Å². The Labute approximate surface area is 259 Å². The molecule has 0 aliphatic rings. The number of nitrogens with one attached hydrogen (secondary N) is 4. The van der Waals surface area contributed by atoms with Crippen LogP contribution in [0, 0.1) is 24.7 Å². The zero-order valence-corrected chi connectivity index (χ0v) is 28.1. The topological polar surface area (TPSA) is 159 Å². The van der Waals surface area contributed by atoms with Crippen molar-refractivity contribution in [2.45, 2.75) is 112 Å². The Bertz CT molecular complexity index is 1000. The van der Waals surface area contributed by atoms with Crippen molar-refractivity contribution in [1.29, 1.82) is 0 Å². The fourth-order valence-corrected chi connectivity index (χ4v) is 5.52. The molecule has 1 heterocycles. The SMILES string of the molecule is CSC[C@H](NC(=O)OCc1nc(C)cs1)C(=O)N[C@H](CC(C)C)[C@@H](O)C[C@@H](C)C(=O)N[C@H](CC(C)C)C(=O)NC(C)C. The van der Waals surface area contributed by atoms with Gasteiger partial charge in [-0.3, -0.25) is 14.4 Å². The van der Waals surface area contributed by atoms with Crippen LogP contribution in [0.15, 0.2) is 5.38 Å². The van der Waals surface area contributed by atoms with Gasteiger partial charge in [-0.25, -0.2) is 9.78 Å². The van der Waals surface area contributed by atoms with Crippen molar-refractivity contribution in [3.8, 4) is 0 Å². The predicted molar refractivity (Wildman–Crippen MR) is 168 cm³/mol. The molecular weight excluding hydrogens is 578 g/mol. The average Bonchev–Trinajstić information content (AvgIpc) is 3.30. The van der Waals surface area contributed by atoms with Crippen LogP contribution in [0.4, 0.5) is 4.79 Å². The first-order valence-electron chi connectivity index (χ1n) is 14.5.